The van der Waals surface area contributed by atoms with Gasteiger partial charge in [-0.2, -0.15) is 0 Å². The summed E-state index contributed by atoms with van der Waals surface area (Å²) in [4.78, 5) is 26.8. The Bertz CT molecular complexity index is 1330. The highest BCUT2D eigenvalue weighted by molar-refractivity contribution is 8.27. The number of hydrogen-bond acceptors (Lipinski definition) is 6. The van der Waals surface area contributed by atoms with E-state index in [-0.39, 0.29) is 23.4 Å². The number of thioether (sulfide) groups is 1. The molecule has 1 fully saturated rings. The number of carbonyl (C=O) groups is 2. The number of halogens is 2. The Kier molecular flexibility index (Phi) is 7.70. The van der Waals surface area contributed by atoms with Gasteiger partial charge < -0.3 is 14.8 Å². The van der Waals surface area contributed by atoms with Gasteiger partial charge in [0.25, 0.3) is 11.8 Å². The van der Waals surface area contributed by atoms with Crippen molar-refractivity contribution in [1.29, 1.82) is 0 Å². The van der Waals surface area contributed by atoms with E-state index in [1.54, 1.807) is 36.4 Å². The second-order valence-electron chi connectivity index (χ2n) is 7.23. The van der Waals surface area contributed by atoms with Gasteiger partial charge in [0, 0.05) is 5.69 Å². The van der Waals surface area contributed by atoms with Crippen molar-refractivity contribution in [1.82, 2.24) is 0 Å². The molecule has 0 atom stereocenters. The number of rotatable bonds is 7. The molecule has 1 N–H and O–H groups in total. The van der Waals surface area contributed by atoms with E-state index in [4.69, 9.17) is 33.3 Å². The Balaban J connectivity index is 1.47. The molecule has 0 aliphatic carbocycles. The van der Waals surface area contributed by atoms with Gasteiger partial charge in [-0.3, -0.25) is 14.5 Å². The van der Waals surface area contributed by atoms with Gasteiger partial charge >= 0.3 is 0 Å². The molecule has 1 aliphatic heterocycles. The smallest absolute Gasteiger partial charge is 0.270 e. The second-order valence-corrected chi connectivity index (χ2v) is 9.31. The zero-order valence-corrected chi connectivity index (χ0v) is 20.7. The van der Waals surface area contributed by atoms with Crippen LogP contribution < -0.4 is 19.7 Å². The molecule has 10 heteroatoms. The van der Waals surface area contributed by atoms with Gasteiger partial charge in [0.2, 0.25) is 0 Å². The van der Waals surface area contributed by atoms with Gasteiger partial charge in [-0.05, 0) is 54.1 Å². The summed E-state index contributed by atoms with van der Waals surface area (Å²) < 4.78 is 24.8. The van der Waals surface area contributed by atoms with Crippen molar-refractivity contribution in [2.24, 2.45) is 0 Å². The molecule has 4 rings (SSSR count). The summed E-state index contributed by atoms with van der Waals surface area (Å²) in [6.45, 7) is -0.205. The Morgan fingerprint density at radius 2 is 1.91 bits per heavy atom. The van der Waals surface area contributed by atoms with Gasteiger partial charge in [-0.15, -0.1) is 0 Å². The van der Waals surface area contributed by atoms with Crippen LogP contribution in [0.25, 0.3) is 6.08 Å². The first kappa shape index (κ1) is 24.7. The first-order valence-corrected chi connectivity index (χ1v) is 11.8. The number of para-hydroxylation sites is 1. The molecule has 2 amide bonds. The molecule has 1 heterocycles. The zero-order chi connectivity index (χ0) is 24.9. The minimum atomic E-state index is -0.580. The number of ether oxygens (including phenoxy) is 2. The van der Waals surface area contributed by atoms with E-state index in [2.05, 4.69) is 5.32 Å². The van der Waals surface area contributed by atoms with Crippen LogP contribution in [-0.2, 0) is 9.59 Å². The van der Waals surface area contributed by atoms with E-state index in [1.165, 1.54) is 30.2 Å². The predicted octanol–water partition coefficient (Wildman–Crippen LogP) is 5.91. The van der Waals surface area contributed by atoms with Crippen LogP contribution in [-0.4, -0.2) is 29.9 Å². The van der Waals surface area contributed by atoms with Crippen molar-refractivity contribution in [3.05, 3.63) is 88.0 Å². The van der Waals surface area contributed by atoms with Crippen molar-refractivity contribution in [3.8, 4) is 11.5 Å². The number of benzene rings is 3. The lowest BCUT2D eigenvalue weighted by Gasteiger charge is -2.14. The van der Waals surface area contributed by atoms with Gasteiger partial charge in [-0.1, -0.05) is 59.8 Å². The summed E-state index contributed by atoms with van der Waals surface area (Å²) >= 11 is 12.3. The average Bonchev–Trinajstić information content (AvgIpc) is 3.13. The number of hydrogen-bond donors (Lipinski definition) is 1. The fourth-order valence-electron chi connectivity index (χ4n) is 3.22. The minimum Gasteiger partial charge on any atom is -0.493 e. The number of carbonyl (C=O) groups excluding carboxylic acids is 2. The number of nitrogens with one attached hydrogen (secondary N) is 1. The molecule has 35 heavy (non-hydrogen) atoms. The predicted molar refractivity (Wildman–Crippen MR) is 141 cm³/mol. The molecule has 3 aromatic rings. The van der Waals surface area contributed by atoms with Crippen molar-refractivity contribution < 1.29 is 23.5 Å². The average molecular weight is 529 g/mol. The van der Waals surface area contributed by atoms with Crippen molar-refractivity contribution in [2.45, 2.75) is 0 Å². The molecule has 1 saturated heterocycles. The summed E-state index contributed by atoms with van der Waals surface area (Å²) in [6.07, 6.45) is 1.67. The maximum atomic E-state index is 13.5. The summed E-state index contributed by atoms with van der Waals surface area (Å²) in [7, 11) is 1.48. The van der Waals surface area contributed by atoms with Crippen molar-refractivity contribution >= 4 is 69.2 Å². The first-order chi connectivity index (χ1) is 16.9. The molecule has 0 spiro atoms. The van der Waals surface area contributed by atoms with Crippen LogP contribution in [0.1, 0.15) is 5.56 Å². The highest BCUT2D eigenvalue weighted by Crippen LogP contribution is 2.38. The van der Waals surface area contributed by atoms with Crippen molar-refractivity contribution in [3.63, 3.8) is 0 Å². The monoisotopic (exact) mass is 528 g/mol. The first-order valence-electron chi connectivity index (χ1n) is 10.2. The molecule has 3 aromatic carbocycles. The molecular formula is C25H18ClFN2O4S2. The number of anilines is 2. The van der Waals surface area contributed by atoms with E-state index >= 15 is 0 Å². The lowest BCUT2D eigenvalue weighted by molar-refractivity contribution is -0.118. The van der Waals surface area contributed by atoms with Gasteiger partial charge in [-0.25, -0.2) is 4.39 Å². The summed E-state index contributed by atoms with van der Waals surface area (Å²) in [6, 6.07) is 18.1. The maximum Gasteiger partial charge on any atom is 0.270 e. The number of amides is 2. The molecule has 0 unspecified atom stereocenters. The SMILES string of the molecule is COc1cc(/C=C2/SC(=S)N(c3ccc(F)c(Cl)c3)C2=O)ccc1OCC(=O)Nc1ccccc1. The molecule has 178 valence electrons. The van der Waals surface area contributed by atoms with Crippen LogP contribution in [0.15, 0.2) is 71.6 Å². The lowest BCUT2D eigenvalue weighted by atomic mass is 10.2. The Hall–Kier alpha value is -3.40. The second kappa shape index (κ2) is 10.9. The minimum absolute atomic E-state index is 0.0988. The number of thiocarbonyl (C=S) groups is 1. The summed E-state index contributed by atoms with van der Waals surface area (Å²) in [5.41, 5.74) is 1.72. The fraction of sp³-hybridized carbons (Fsp3) is 0.0800. The van der Waals surface area contributed by atoms with Crippen LogP contribution in [0.2, 0.25) is 5.02 Å². The third-order valence-electron chi connectivity index (χ3n) is 4.86. The molecule has 0 saturated carbocycles. The number of methoxy groups -OCH3 is 1. The van der Waals surface area contributed by atoms with Crippen LogP contribution in [0.5, 0.6) is 11.5 Å². The zero-order valence-electron chi connectivity index (χ0n) is 18.3. The molecular weight excluding hydrogens is 511 g/mol. The third-order valence-corrected chi connectivity index (χ3v) is 6.45. The maximum absolute atomic E-state index is 13.5. The van der Waals surface area contributed by atoms with Crippen LogP contribution in [0.4, 0.5) is 15.8 Å². The number of nitrogens with zero attached hydrogens (tertiary/aromatic N) is 1. The Morgan fingerprint density at radius 1 is 1.14 bits per heavy atom. The van der Waals surface area contributed by atoms with Gasteiger partial charge in [0.05, 0.1) is 22.7 Å². The van der Waals surface area contributed by atoms with E-state index in [0.29, 0.717) is 37.7 Å². The summed E-state index contributed by atoms with van der Waals surface area (Å²) in [5, 5.41) is 2.64. The van der Waals surface area contributed by atoms with Gasteiger partial charge in [0.15, 0.2) is 22.4 Å². The molecule has 0 radical (unpaired) electrons. The standard InChI is InChI=1S/C25H18ClFN2O4S2/c1-32-21-11-15(7-10-20(21)33-14-23(30)28-16-5-3-2-4-6-16)12-22-24(31)29(25(34)35-22)17-8-9-19(27)18(26)13-17/h2-13H,14H2,1H3,(H,28,30)/b22-12+. The highest BCUT2D eigenvalue weighted by Gasteiger charge is 2.33. The van der Waals surface area contributed by atoms with E-state index < -0.39 is 5.82 Å². The molecule has 0 aromatic heterocycles. The van der Waals surface area contributed by atoms with Crippen LogP contribution >= 0.6 is 35.6 Å². The fourth-order valence-corrected chi connectivity index (χ4v) is 4.69. The topological polar surface area (TPSA) is 67.9 Å². The van der Waals surface area contributed by atoms with E-state index in [1.807, 2.05) is 18.2 Å². The highest BCUT2D eigenvalue weighted by atomic mass is 35.5. The lowest BCUT2D eigenvalue weighted by Crippen LogP contribution is -2.27. The quantitative estimate of drug-likeness (QED) is 0.304. The van der Waals surface area contributed by atoms with Crippen LogP contribution in [0.3, 0.4) is 0 Å². The normalized spacial score (nSPS) is 14.4. The largest absolute Gasteiger partial charge is 0.493 e. The van der Waals surface area contributed by atoms with Crippen molar-refractivity contribution in [2.75, 3.05) is 23.9 Å². The van der Waals surface area contributed by atoms with E-state index in [0.717, 1.165) is 11.8 Å². The molecule has 1 aliphatic rings. The Morgan fingerprint density at radius 3 is 2.63 bits per heavy atom. The Labute approximate surface area is 215 Å². The molecule has 0 bridgehead atoms. The third kappa shape index (κ3) is 5.82. The summed E-state index contributed by atoms with van der Waals surface area (Å²) in [5.74, 6) is -0.469. The van der Waals surface area contributed by atoms with Crippen LogP contribution in [0, 0.1) is 5.82 Å². The van der Waals surface area contributed by atoms with E-state index in [9.17, 15) is 14.0 Å². The molecule has 6 nitrogen and oxygen atoms in total. The van der Waals surface area contributed by atoms with Gasteiger partial charge in [0.1, 0.15) is 5.82 Å².